The third kappa shape index (κ3) is 4.53. The summed E-state index contributed by atoms with van der Waals surface area (Å²) in [6.07, 6.45) is 1.56. The molecule has 3 aromatic carbocycles. The summed E-state index contributed by atoms with van der Waals surface area (Å²) in [6, 6.07) is 27.7. The summed E-state index contributed by atoms with van der Waals surface area (Å²) in [6.45, 7) is 0. The largest absolute Gasteiger partial charge is 0.269 e. The lowest BCUT2D eigenvalue weighted by Gasteiger charge is -2.08. The molecule has 30 heavy (non-hydrogen) atoms. The average Bonchev–Trinajstić information content (AvgIpc) is 2.80. The van der Waals surface area contributed by atoms with Crippen LogP contribution in [0.15, 0.2) is 96.1 Å². The first kappa shape index (κ1) is 18.9. The Morgan fingerprint density at radius 3 is 1.83 bits per heavy atom. The molecule has 0 amide bonds. The topological polar surface area (TPSA) is 93.3 Å². The van der Waals surface area contributed by atoms with Crippen LogP contribution in [-0.2, 0) is 0 Å². The van der Waals surface area contributed by atoms with Crippen LogP contribution in [0, 0.1) is 10.1 Å². The summed E-state index contributed by atoms with van der Waals surface area (Å²) in [5.41, 5.74) is 7.11. The zero-order valence-corrected chi connectivity index (χ0v) is 15.8. The van der Waals surface area contributed by atoms with Crippen LogP contribution in [0.25, 0.3) is 22.5 Å². The molecule has 0 bridgehead atoms. The van der Waals surface area contributed by atoms with Gasteiger partial charge in [0.05, 0.1) is 22.5 Å². The Morgan fingerprint density at radius 2 is 1.33 bits per heavy atom. The Balaban J connectivity index is 1.62. The molecular weight excluding hydrogens is 378 g/mol. The number of nitro benzene ring substituents is 1. The molecule has 4 aromatic rings. The number of hydrogen-bond donors (Lipinski definition) is 1. The van der Waals surface area contributed by atoms with E-state index in [0.717, 1.165) is 28.1 Å². The summed E-state index contributed by atoms with van der Waals surface area (Å²) in [7, 11) is 0. The van der Waals surface area contributed by atoms with Crippen LogP contribution < -0.4 is 5.43 Å². The van der Waals surface area contributed by atoms with Gasteiger partial charge >= 0.3 is 0 Å². The Bertz CT molecular complexity index is 1120. The van der Waals surface area contributed by atoms with E-state index >= 15 is 0 Å². The highest BCUT2D eigenvalue weighted by Crippen LogP contribution is 2.25. The zero-order chi connectivity index (χ0) is 20.8. The maximum atomic E-state index is 10.8. The molecule has 1 N–H and O–H groups in total. The molecule has 1 heterocycles. The maximum Gasteiger partial charge on any atom is 0.269 e. The van der Waals surface area contributed by atoms with Crippen molar-refractivity contribution in [3.05, 3.63) is 107 Å². The van der Waals surface area contributed by atoms with Crippen molar-refractivity contribution in [1.82, 2.24) is 9.97 Å². The standard InChI is InChI=1S/C23H17N5O2/c29-28(30)20-13-11-17(12-14-20)16-24-27-23-25-21(18-7-3-1-4-8-18)15-22(26-23)19-9-5-2-6-10-19/h1-16H,(H,25,26,27). The fraction of sp³-hybridized carbons (Fsp3) is 0. The van der Waals surface area contributed by atoms with Crippen molar-refractivity contribution in [2.75, 3.05) is 5.43 Å². The number of hydrazone groups is 1. The molecule has 1 aromatic heterocycles. The molecule has 0 unspecified atom stereocenters. The Morgan fingerprint density at radius 1 is 0.800 bits per heavy atom. The van der Waals surface area contributed by atoms with Crippen molar-refractivity contribution in [2.45, 2.75) is 0 Å². The highest BCUT2D eigenvalue weighted by atomic mass is 16.6. The molecule has 146 valence electrons. The number of aromatic nitrogens is 2. The van der Waals surface area contributed by atoms with Crippen LogP contribution in [-0.4, -0.2) is 21.1 Å². The molecule has 0 aliphatic heterocycles. The molecule has 0 aliphatic rings. The fourth-order valence-electron chi connectivity index (χ4n) is 2.86. The van der Waals surface area contributed by atoms with Gasteiger partial charge in [-0.1, -0.05) is 60.7 Å². The lowest BCUT2D eigenvalue weighted by molar-refractivity contribution is -0.384. The molecule has 0 saturated carbocycles. The van der Waals surface area contributed by atoms with Gasteiger partial charge in [0, 0.05) is 23.3 Å². The van der Waals surface area contributed by atoms with Crippen LogP contribution in [0.5, 0.6) is 0 Å². The van der Waals surface area contributed by atoms with E-state index in [4.69, 9.17) is 0 Å². The van der Waals surface area contributed by atoms with Gasteiger partial charge in [-0.3, -0.25) is 10.1 Å². The Labute approximate surface area is 172 Å². The highest BCUT2D eigenvalue weighted by molar-refractivity contribution is 5.80. The first-order valence-electron chi connectivity index (χ1n) is 9.22. The van der Waals surface area contributed by atoms with Crippen molar-refractivity contribution >= 4 is 17.9 Å². The van der Waals surface area contributed by atoms with E-state index in [2.05, 4.69) is 20.5 Å². The minimum Gasteiger partial charge on any atom is -0.258 e. The van der Waals surface area contributed by atoms with Crippen LogP contribution in [0.2, 0.25) is 0 Å². The first-order chi connectivity index (χ1) is 14.7. The average molecular weight is 395 g/mol. The van der Waals surface area contributed by atoms with Gasteiger partial charge < -0.3 is 0 Å². The third-order valence-electron chi connectivity index (χ3n) is 4.35. The summed E-state index contributed by atoms with van der Waals surface area (Å²) in [5.74, 6) is 0.355. The molecule has 7 heteroatoms. The van der Waals surface area contributed by atoms with E-state index < -0.39 is 4.92 Å². The van der Waals surface area contributed by atoms with Crippen molar-refractivity contribution in [3.63, 3.8) is 0 Å². The van der Waals surface area contributed by atoms with E-state index in [-0.39, 0.29) is 5.69 Å². The number of anilines is 1. The number of nitrogens with one attached hydrogen (secondary N) is 1. The first-order valence-corrected chi connectivity index (χ1v) is 9.22. The van der Waals surface area contributed by atoms with E-state index in [9.17, 15) is 10.1 Å². The SMILES string of the molecule is O=[N+]([O-])c1ccc(C=NNc2nc(-c3ccccc3)cc(-c3ccccc3)n2)cc1. The monoisotopic (exact) mass is 395 g/mol. The minimum atomic E-state index is -0.437. The van der Waals surface area contributed by atoms with Crippen molar-refractivity contribution < 1.29 is 4.92 Å². The third-order valence-corrected chi connectivity index (χ3v) is 4.35. The number of nitrogens with zero attached hydrogens (tertiary/aromatic N) is 4. The van der Waals surface area contributed by atoms with Crippen LogP contribution in [0.4, 0.5) is 11.6 Å². The summed E-state index contributed by atoms with van der Waals surface area (Å²) < 4.78 is 0. The minimum absolute atomic E-state index is 0.0338. The maximum absolute atomic E-state index is 10.8. The number of nitro groups is 1. The van der Waals surface area contributed by atoms with Crippen molar-refractivity contribution in [3.8, 4) is 22.5 Å². The fourth-order valence-corrected chi connectivity index (χ4v) is 2.86. The molecule has 0 atom stereocenters. The molecule has 0 spiro atoms. The second-order valence-electron chi connectivity index (χ2n) is 6.41. The number of non-ortho nitro benzene ring substituents is 1. The quantitative estimate of drug-likeness (QED) is 0.276. The van der Waals surface area contributed by atoms with Crippen molar-refractivity contribution in [1.29, 1.82) is 0 Å². The number of rotatable bonds is 6. The van der Waals surface area contributed by atoms with Gasteiger partial charge in [0.15, 0.2) is 0 Å². The van der Waals surface area contributed by atoms with Gasteiger partial charge in [-0.15, -0.1) is 0 Å². The Hall–Kier alpha value is -4.39. The smallest absolute Gasteiger partial charge is 0.258 e. The van der Waals surface area contributed by atoms with E-state index in [1.807, 2.05) is 66.7 Å². The molecule has 7 nitrogen and oxygen atoms in total. The summed E-state index contributed by atoms with van der Waals surface area (Å²) >= 11 is 0. The van der Waals surface area contributed by atoms with E-state index in [1.54, 1.807) is 18.3 Å². The van der Waals surface area contributed by atoms with Crippen molar-refractivity contribution in [2.24, 2.45) is 5.10 Å². The molecule has 4 rings (SSSR count). The second kappa shape index (κ2) is 8.74. The van der Waals surface area contributed by atoms with Gasteiger partial charge in [-0.05, 0) is 23.8 Å². The highest BCUT2D eigenvalue weighted by Gasteiger charge is 2.08. The molecular formula is C23H17N5O2. The van der Waals surface area contributed by atoms with Gasteiger partial charge in [-0.2, -0.15) is 5.10 Å². The predicted molar refractivity (Wildman–Crippen MR) is 117 cm³/mol. The van der Waals surface area contributed by atoms with Crippen LogP contribution in [0.3, 0.4) is 0 Å². The molecule has 0 saturated heterocycles. The van der Waals surface area contributed by atoms with E-state index in [1.165, 1.54) is 12.1 Å². The van der Waals surface area contributed by atoms with Crippen LogP contribution >= 0.6 is 0 Å². The molecule has 0 aliphatic carbocycles. The summed E-state index contributed by atoms with van der Waals surface area (Å²) in [4.78, 5) is 19.5. The van der Waals surface area contributed by atoms with Gasteiger partial charge in [0.1, 0.15) is 0 Å². The molecule has 0 fully saturated rings. The molecule has 0 radical (unpaired) electrons. The van der Waals surface area contributed by atoms with Gasteiger partial charge in [-0.25, -0.2) is 15.4 Å². The number of benzene rings is 3. The van der Waals surface area contributed by atoms with Gasteiger partial charge in [0.25, 0.3) is 5.69 Å². The zero-order valence-electron chi connectivity index (χ0n) is 15.8. The lowest BCUT2D eigenvalue weighted by atomic mass is 10.1. The normalized spacial score (nSPS) is 10.8. The number of hydrogen-bond acceptors (Lipinski definition) is 6. The lowest BCUT2D eigenvalue weighted by Crippen LogP contribution is -2.00. The summed E-state index contributed by atoms with van der Waals surface area (Å²) in [5, 5.41) is 14.9. The van der Waals surface area contributed by atoms with Crippen LogP contribution in [0.1, 0.15) is 5.56 Å². The van der Waals surface area contributed by atoms with Gasteiger partial charge in [0.2, 0.25) is 5.95 Å². The van der Waals surface area contributed by atoms with E-state index in [0.29, 0.717) is 5.95 Å². The predicted octanol–water partition coefficient (Wildman–Crippen LogP) is 5.16. The second-order valence-corrected chi connectivity index (χ2v) is 6.41. The Kier molecular flexibility index (Phi) is 5.52.